The van der Waals surface area contributed by atoms with Crippen LogP contribution in [0.5, 0.6) is 0 Å². The van der Waals surface area contributed by atoms with E-state index >= 15 is 0 Å². The van der Waals surface area contributed by atoms with Gasteiger partial charge in [0.15, 0.2) is 22.6 Å². The number of thioether (sulfide) groups is 1. The van der Waals surface area contributed by atoms with Crippen LogP contribution in [0.2, 0.25) is 0 Å². The highest BCUT2D eigenvalue weighted by Crippen LogP contribution is 2.37. The maximum absolute atomic E-state index is 12.7. The number of nitrogens with zero attached hydrogens (tertiary/aromatic N) is 5. The van der Waals surface area contributed by atoms with E-state index in [0.717, 1.165) is 25.7 Å². The molecule has 10 heteroatoms. The first-order chi connectivity index (χ1) is 13.6. The minimum atomic E-state index is -0.535. The Morgan fingerprint density at radius 1 is 1.36 bits per heavy atom. The monoisotopic (exact) mass is 402 g/mol. The lowest BCUT2D eigenvalue weighted by molar-refractivity contribution is -0.120. The van der Waals surface area contributed by atoms with Gasteiger partial charge in [0.2, 0.25) is 11.8 Å². The summed E-state index contributed by atoms with van der Waals surface area (Å²) in [4.78, 5) is 17.1. The van der Waals surface area contributed by atoms with Crippen LogP contribution in [0.3, 0.4) is 0 Å². The molecule has 1 N–H and O–H groups in total. The summed E-state index contributed by atoms with van der Waals surface area (Å²) < 4.78 is 12.5. The van der Waals surface area contributed by atoms with E-state index in [-0.39, 0.29) is 11.7 Å². The molecule has 0 saturated heterocycles. The summed E-state index contributed by atoms with van der Waals surface area (Å²) >= 11 is 1.35. The van der Waals surface area contributed by atoms with Crippen LogP contribution in [-0.4, -0.2) is 36.6 Å². The molecule has 1 amide bonds. The summed E-state index contributed by atoms with van der Waals surface area (Å²) in [5, 5.41) is 16.3. The molecule has 3 aromatic rings. The normalized spacial score (nSPS) is 15.8. The molecule has 1 fully saturated rings. The van der Waals surface area contributed by atoms with Gasteiger partial charge >= 0.3 is 0 Å². The van der Waals surface area contributed by atoms with E-state index in [1.54, 1.807) is 13.2 Å². The molecule has 0 aromatic carbocycles. The molecule has 0 unspecified atom stereocenters. The molecular weight excluding hydrogens is 380 g/mol. The van der Waals surface area contributed by atoms with Crippen LogP contribution in [0.4, 0.5) is 0 Å². The molecule has 0 spiro atoms. The second-order valence-electron chi connectivity index (χ2n) is 6.79. The fourth-order valence-electron chi connectivity index (χ4n) is 3.58. The van der Waals surface area contributed by atoms with Crippen molar-refractivity contribution in [1.82, 2.24) is 30.2 Å². The predicted molar refractivity (Wildman–Crippen MR) is 101 cm³/mol. The zero-order chi connectivity index (χ0) is 19.6. The summed E-state index contributed by atoms with van der Waals surface area (Å²) in [5.74, 6) is 2.53. The van der Waals surface area contributed by atoms with Gasteiger partial charge in [-0.2, -0.15) is 4.98 Å². The van der Waals surface area contributed by atoms with Crippen LogP contribution in [0, 0.1) is 6.92 Å². The minimum absolute atomic E-state index is 0.0837. The third-order valence-electron chi connectivity index (χ3n) is 4.90. The number of nitrogens with one attached hydrogen (secondary N) is 1. The van der Waals surface area contributed by atoms with E-state index in [4.69, 9.17) is 8.94 Å². The van der Waals surface area contributed by atoms with E-state index in [9.17, 15) is 4.79 Å². The quantitative estimate of drug-likeness (QED) is 0.600. The summed E-state index contributed by atoms with van der Waals surface area (Å²) in [6.07, 6.45) is 5.28. The molecule has 1 aliphatic carbocycles. The molecule has 9 nitrogen and oxygen atoms in total. The van der Waals surface area contributed by atoms with Crippen LogP contribution in [0.25, 0.3) is 11.6 Å². The first-order valence-electron chi connectivity index (χ1n) is 9.33. The Morgan fingerprint density at radius 3 is 2.82 bits per heavy atom. The number of furan rings is 1. The highest BCUT2D eigenvalue weighted by molar-refractivity contribution is 7.99. The smallest absolute Gasteiger partial charge is 0.231 e. The summed E-state index contributed by atoms with van der Waals surface area (Å²) in [6.45, 7) is 4.44. The zero-order valence-electron chi connectivity index (χ0n) is 15.8. The molecule has 1 aliphatic rings. The number of rotatable bonds is 7. The second kappa shape index (κ2) is 7.78. The van der Waals surface area contributed by atoms with Crippen molar-refractivity contribution in [3.8, 4) is 11.6 Å². The lowest BCUT2D eigenvalue weighted by Gasteiger charge is -2.26. The molecule has 1 saturated carbocycles. The maximum Gasteiger partial charge on any atom is 0.231 e. The number of aromatic nitrogens is 5. The minimum Gasteiger partial charge on any atom is -0.461 e. The van der Waals surface area contributed by atoms with Gasteiger partial charge in [-0.1, -0.05) is 29.8 Å². The first kappa shape index (κ1) is 18.7. The van der Waals surface area contributed by atoms with E-state index in [1.165, 1.54) is 11.8 Å². The van der Waals surface area contributed by atoms with E-state index < -0.39 is 5.54 Å². The van der Waals surface area contributed by atoms with Crippen molar-refractivity contribution in [2.24, 2.45) is 0 Å². The third kappa shape index (κ3) is 3.56. The molecule has 3 heterocycles. The van der Waals surface area contributed by atoms with Crippen LogP contribution in [-0.2, 0) is 16.9 Å². The van der Waals surface area contributed by atoms with Crippen molar-refractivity contribution < 1.29 is 13.7 Å². The fraction of sp³-hybridized carbons (Fsp3) is 0.500. The highest BCUT2D eigenvalue weighted by Gasteiger charge is 2.41. The van der Waals surface area contributed by atoms with Crippen molar-refractivity contribution in [3.05, 3.63) is 30.1 Å². The van der Waals surface area contributed by atoms with Crippen molar-refractivity contribution >= 4 is 17.7 Å². The van der Waals surface area contributed by atoms with Crippen molar-refractivity contribution in [1.29, 1.82) is 0 Å². The summed E-state index contributed by atoms with van der Waals surface area (Å²) in [7, 11) is 0. The van der Waals surface area contributed by atoms with Gasteiger partial charge in [0.1, 0.15) is 5.54 Å². The van der Waals surface area contributed by atoms with Gasteiger partial charge in [-0.25, -0.2) is 0 Å². The molecule has 0 aliphatic heterocycles. The number of carbonyl (C=O) groups excluding carboxylic acids is 1. The Kier molecular flexibility index (Phi) is 5.21. The van der Waals surface area contributed by atoms with Gasteiger partial charge in [0.25, 0.3) is 0 Å². The Bertz CT molecular complexity index is 943. The molecule has 0 atom stereocenters. The number of amides is 1. The average molecular weight is 402 g/mol. The molecule has 3 aromatic heterocycles. The topological polar surface area (TPSA) is 112 Å². The van der Waals surface area contributed by atoms with Crippen molar-refractivity contribution in [3.63, 3.8) is 0 Å². The van der Waals surface area contributed by atoms with Crippen LogP contribution in [0.1, 0.15) is 44.3 Å². The van der Waals surface area contributed by atoms with E-state index in [2.05, 4.69) is 25.7 Å². The van der Waals surface area contributed by atoms with Gasteiger partial charge < -0.3 is 14.3 Å². The number of hydrogen-bond donors (Lipinski definition) is 1. The third-order valence-corrected chi connectivity index (χ3v) is 5.87. The largest absolute Gasteiger partial charge is 0.461 e. The van der Waals surface area contributed by atoms with E-state index in [0.29, 0.717) is 35.0 Å². The van der Waals surface area contributed by atoms with Crippen LogP contribution >= 0.6 is 11.8 Å². The van der Waals surface area contributed by atoms with Gasteiger partial charge in [-0.05, 0) is 31.9 Å². The van der Waals surface area contributed by atoms with Crippen molar-refractivity contribution in [2.45, 2.75) is 56.8 Å². The predicted octanol–water partition coefficient (Wildman–Crippen LogP) is 2.93. The first-order valence-corrected chi connectivity index (χ1v) is 10.3. The fourth-order valence-corrected chi connectivity index (χ4v) is 4.38. The van der Waals surface area contributed by atoms with Crippen molar-refractivity contribution in [2.75, 3.05) is 5.75 Å². The summed E-state index contributed by atoms with van der Waals surface area (Å²) in [5.41, 5.74) is -0.535. The lowest BCUT2D eigenvalue weighted by atomic mass is 9.96. The Balaban J connectivity index is 1.45. The molecule has 0 bridgehead atoms. The molecule has 148 valence electrons. The highest BCUT2D eigenvalue weighted by atomic mass is 32.2. The summed E-state index contributed by atoms with van der Waals surface area (Å²) in [6, 6.07) is 3.65. The molecule has 4 rings (SSSR count). The van der Waals surface area contributed by atoms with E-state index in [1.807, 2.05) is 23.6 Å². The SMILES string of the molecule is CCn1c(SCC(=O)NC2(c3noc(C)n3)CCCC2)nnc1-c1ccco1. The van der Waals surface area contributed by atoms with Gasteiger partial charge in [-0.3, -0.25) is 9.36 Å². The average Bonchev–Trinajstić information content (AvgIpc) is 3.46. The Labute approximate surface area is 166 Å². The number of carbonyl (C=O) groups is 1. The standard InChI is InChI=1S/C18H22N6O3S/c1-3-24-15(13-7-6-10-26-13)21-22-17(24)28-11-14(25)20-18(8-4-5-9-18)16-19-12(2)27-23-16/h6-7,10H,3-5,8-9,11H2,1-2H3,(H,20,25). The number of aryl methyl sites for hydroxylation is 1. The Hall–Kier alpha value is -2.62. The van der Waals surface area contributed by atoms with Crippen LogP contribution < -0.4 is 5.32 Å². The molecular formula is C18H22N6O3S. The second-order valence-corrected chi connectivity index (χ2v) is 7.73. The van der Waals surface area contributed by atoms with Gasteiger partial charge in [-0.15, -0.1) is 10.2 Å². The van der Waals surface area contributed by atoms with Crippen LogP contribution in [0.15, 0.2) is 32.5 Å². The lowest BCUT2D eigenvalue weighted by Crippen LogP contribution is -2.45. The van der Waals surface area contributed by atoms with Gasteiger partial charge in [0.05, 0.1) is 12.0 Å². The number of hydrogen-bond acceptors (Lipinski definition) is 8. The molecule has 28 heavy (non-hydrogen) atoms. The Morgan fingerprint density at radius 2 is 2.18 bits per heavy atom. The van der Waals surface area contributed by atoms with Gasteiger partial charge in [0, 0.05) is 13.5 Å². The molecule has 0 radical (unpaired) electrons. The zero-order valence-corrected chi connectivity index (χ0v) is 16.7. The maximum atomic E-state index is 12.7.